The molecule has 4 atom stereocenters. The Morgan fingerprint density at radius 1 is 0.423 bits per heavy atom. The third-order valence-electron chi connectivity index (χ3n) is 3.82. The van der Waals surface area contributed by atoms with Crippen molar-refractivity contribution in [2.75, 3.05) is 26.4 Å². The second-order valence-electron chi connectivity index (χ2n) is 5.49. The predicted molar refractivity (Wildman–Crippen MR) is 125 cm³/mol. The smallest absolute Gasteiger partial charge is 0.0717 e. The monoisotopic (exact) mass is 504 g/mol. The van der Waals surface area contributed by atoms with Crippen molar-refractivity contribution in [1.82, 2.24) is 0 Å². The average Bonchev–Trinajstić information content (AvgIpc) is 3.28. The van der Waals surface area contributed by atoms with E-state index in [2.05, 4.69) is 0 Å². The third kappa shape index (κ3) is 4.18. The molecule has 4 aliphatic heterocycles. The maximum atomic E-state index is 9.57. The van der Waals surface area contributed by atoms with Crippen LogP contribution in [0.4, 0.5) is 0 Å². The lowest BCUT2D eigenvalue weighted by Crippen LogP contribution is -2.29. The Hall–Kier alpha value is 1.86. The van der Waals surface area contributed by atoms with Gasteiger partial charge in [0.1, 0.15) is 0 Å². The number of aliphatic hydroxyl groups is 4. The molecule has 2 unspecified atom stereocenters. The highest BCUT2D eigenvalue weighted by Crippen LogP contribution is 2.69. The van der Waals surface area contributed by atoms with Crippen LogP contribution < -0.4 is 0 Å². The first kappa shape index (κ1) is 21.1. The summed E-state index contributed by atoms with van der Waals surface area (Å²) in [5.41, 5.74) is 0. The van der Waals surface area contributed by atoms with Gasteiger partial charge in [0.15, 0.2) is 0 Å². The molecule has 0 spiro atoms. The number of hydrogen-bond acceptors (Lipinski definition) is 12. The number of thioether (sulfide) groups is 8. The van der Waals surface area contributed by atoms with Gasteiger partial charge in [0.2, 0.25) is 0 Å². The summed E-state index contributed by atoms with van der Waals surface area (Å²) in [6, 6.07) is 0. The van der Waals surface area contributed by atoms with Gasteiger partial charge in [-0.3, -0.25) is 0 Å². The van der Waals surface area contributed by atoms with Crippen LogP contribution in [0.15, 0.2) is 25.4 Å². The van der Waals surface area contributed by atoms with Gasteiger partial charge in [-0.1, -0.05) is 47.0 Å². The van der Waals surface area contributed by atoms with Crippen molar-refractivity contribution in [1.29, 1.82) is 0 Å². The van der Waals surface area contributed by atoms with Gasteiger partial charge < -0.3 is 20.4 Å². The lowest BCUT2D eigenvalue weighted by molar-refractivity contribution is 0.253. The van der Waals surface area contributed by atoms with E-state index in [1.165, 1.54) is 25.4 Å². The van der Waals surface area contributed by atoms with E-state index in [9.17, 15) is 20.4 Å². The Bertz CT molecular complexity index is 570. The molecule has 0 amide bonds. The molecule has 0 fully saturated rings. The van der Waals surface area contributed by atoms with Crippen molar-refractivity contribution < 1.29 is 20.4 Å². The van der Waals surface area contributed by atoms with Crippen LogP contribution in [0.2, 0.25) is 0 Å². The van der Waals surface area contributed by atoms with Gasteiger partial charge in [0.05, 0.1) is 51.9 Å². The largest absolute Gasteiger partial charge is 0.395 e. The van der Waals surface area contributed by atoms with E-state index in [-0.39, 0.29) is 47.4 Å². The van der Waals surface area contributed by atoms with E-state index in [0.717, 1.165) is 0 Å². The van der Waals surface area contributed by atoms with Gasteiger partial charge in [-0.15, -0.1) is 47.0 Å². The van der Waals surface area contributed by atoms with Crippen molar-refractivity contribution in [3.8, 4) is 0 Å². The van der Waals surface area contributed by atoms with Crippen molar-refractivity contribution in [2.24, 2.45) is 0 Å². The normalized spacial score (nSPS) is 34.6. The van der Waals surface area contributed by atoms with Gasteiger partial charge in [-0.25, -0.2) is 0 Å². The Balaban J connectivity index is 1.47. The first-order valence-electron chi connectivity index (χ1n) is 7.71. The van der Waals surface area contributed by atoms with Gasteiger partial charge >= 0.3 is 0 Å². The summed E-state index contributed by atoms with van der Waals surface area (Å²) in [4.78, 5) is 0. The molecule has 0 bridgehead atoms. The molecule has 0 aliphatic carbocycles. The third-order valence-corrected chi connectivity index (χ3v) is 16.8. The van der Waals surface area contributed by atoms with Crippen molar-refractivity contribution >= 4 is 94.1 Å². The molecule has 4 aliphatic rings. The Morgan fingerprint density at radius 3 is 0.846 bits per heavy atom. The quantitative estimate of drug-likeness (QED) is 0.450. The van der Waals surface area contributed by atoms with E-state index in [4.69, 9.17) is 0 Å². The molecular weight excluding hydrogens is 489 g/mol. The molecule has 0 aromatic carbocycles. The Labute approximate surface area is 186 Å². The van der Waals surface area contributed by atoms with Crippen LogP contribution in [-0.2, 0) is 0 Å². The van der Waals surface area contributed by atoms with Gasteiger partial charge in [-0.2, -0.15) is 0 Å². The van der Waals surface area contributed by atoms with Crippen LogP contribution in [0.1, 0.15) is 0 Å². The van der Waals surface area contributed by atoms with E-state index in [1.54, 1.807) is 94.1 Å². The molecular formula is C14H16O4S8. The molecule has 0 radical (unpaired) electrons. The molecule has 0 saturated heterocycles. The van der Waals surface area contributed by atoms with Crippen LogP contribution in [0, 0.1) is 0 Å². The predicted octanol–water partition coefficient (Wildman–Crippen LogP) is 3.73. The van der Waals surface area contributed by atoms with Crippen molar-refractivity contribution in [3.05, 3.63) is 25.4 Å². The summed E-state index contributed by atoms with van der Waals surface area (Å²) in [6.07, 6.45) is 0. The molecule has 4 heterocycles. The van der Waals surface area contributed by atoms with Crippen LogP contribution >= 0.6 is 94.1 Å². The summed E-state index contributed by atoms with van der Waals surface area (Å²) in [5, 5.41) is 38.4. The van der Waals surface area contributed by atoms with E-state index >= 15 is 0 Å². The van der Waals surface area contributed by atoms with Crippen molar-refractivity contribution in [3.63, 3.8) is 0 Å². The fourth-order valence-corrected chi connectivity index (χ4v) is 15.6. The summed E-state index contributed by atoms with van der Waals surface area (Å²) in [7, 11) is 0. The topological polar surface area (TPSA) is 80.9 Å². The first-order chi connectivity index (χ1) is 12.7. The van der Waals surface area contributed by atoms with E-state index in [0.29, 0.717) is 0 Å². The Kier molecular flexibility index (Phi) is 7.58. The molecule has 4 rings (SSSR count). The zero-order valence-corrected chi connectivity index (χ0v) is 19.7. The van der Waals surface area contributed by atoms with Crippen LogP contribution in [0.3, 0.4) is 0 Å². The summed E-state index contributed by atoms with van der Waals surface area (Å²) in [6.45, 7) is 0.312. The highest BCUT2D eigenvalue weighted by atomic mass is 32.3. The minimum Gasteiger partial charge on any atom is -0.395 e. The molecule has 0 aromatic rings. The lowest BCUT2D eigenvalue weighted by Gasteiger charge is -2.27. The molecule has 4 N–H and O–H groups in total. The first-order valence-corrected chi connectivity index (χ1v) is 14.5. The van der Waals surface area contributed by atoms with Gasteiger partial charge in [0, 0.05) is 21.0 Å². The zero-order chi connectivity index (χ0) is 18.3. The molecule has 26 heavy (non-hydrogen) atoms. The van der Waals surface area contributed by atoms with E-state index in [1.807, 2.05) is 0 Å². The van der Waals surface area contributed by atoms with E-state index < -0.39 is 0 Å². The van der Waals surface area contributed by atoms with Crippen molar-refractivity contribution in [2.45, 2.75) is 21.0 Å². The zero-order valence-electron chi connectivity index (χ0n) is 13.2. The summed E-state index contributed by atoms with van der Waals surface area (Å²) >= 11 is 13.8. The van der Waals surface area contributed by atoms with Crippen LogP contribution in [0.5, 0.6) is 0 Å². The standard InChI is InChI=1S/C14H16O4S8/c15-1-5-6(2-16)20-10-9(19-5)23-13(24-10)14-25-11-12(26-14)22-8(4-18)7(3-17)21-11/h5-8,15-18H,1-4H2/t5-,6-,7?,8?/m1/s1. The second kappa shape index (κ2) is 9.34. The van der Waals surface area contributed by atoms with Gasteiger partial charge in [0.25, 0.3) is 0 Å². The molecule has 0 aromatic heterocycles. The fraction of sp³-hybridized carbons (Fsp3) is 0.571. The number of hydrogen-bond donors (Lipinski definition) is 4. The van der Waals surface area contributed by atoms with Gasteiger partial charge in [-0.05, 0) is 0 Å². The Morgan fingerprint density at radius 2 is 0.654 bits per heavy atom. The minimum atomic E-state index is 0.0400. The highest BCUT2D eigenvalue weighted by Gasteiger charge is 2.40. The second-order valence-corrected chi connectivity index (χ2v) is 16.1. The number of aliphatic hydroxyl groups excluding tert-OH is 4. The SMILES string of the molecule is OCC1SC2=C(SC(=C3SC4=C(S3)S[C@H](CO)[C@@H](CO)S4)S2)SC1CO. The average molecular weight is 505 g/mol. The summed E-state index contributed by atoms with van der Waals surface area (Å²) < 4.78 is 7.46. The molecule has 144 valence electrons. The maximum absolute atomic E-state index is 9.57. The minimum absolute atomic E-state index is 0.0400. The number of rotatable bonds is 4. The highest BCUT2D eigenvalue weighted by molar-refractivity contribution is 8.45. The summed E-state index contributed by atoms with van der Waals surface area (Å²) in [5.74, 6) is 0. The van der Waals surface area contributed by atoms with Crippen LogP contribution in [-0.4, -0.2) is 67.9 Å². The molecule has 12 heteroatoms. The fourth-order valence-electron chi connectivity index (χ4n) is 2.47. The molecule has 4 nitrogen and oxygen atoms in total. The lowest BCUT2D eigenvalue weighted by atomic mass is 10.3. The maximum Gasteiger partial charge on any atom is 0.0717 e. The molecule has 0 saturated carbocycles. The van der Waals surface area contributed by atoms with Crippen LogP contribution in [0.25, 0.3) is 0 Å².